The zero-order valence-electron chi connectivity index (χ0n) is 28.2. The number of anilines is 1. The number of rotatable bonds is 5. The van der Waals surface area contributed by atoms with Crippen molar-refractivity contribution < 1.29 is 27.4 Å². The van der Waals surface area contributed by atoms with Crippen molar-refractivity contribution in [3.05, 3.63) is 46.6 Å². The first kappa shape index (κ1) is 33.5. The van der Waals surface area contributed by atoms with E-state index in [0.29, 0.717) is 15.5 Å². The zero-order chi connectivity index (χ0) is 34.7. The van der Waals surface area contributed by atoms with Crippen LogP contribution in [-0.2, 0) is 18.0 Å². The Kier molecular flexibility index (Phi) is 8.54. The van der Waals surface area contributed by atoms with Crippen molar-refractivity contribution in [3.63, 3.8) is 0 Å². The molecule has 5 heterocycles. The standard InChI is InChI=1S/C33H41F3N8O4/c1-19-15-42(31(46)48-32(3,4)5)16-20(2)43(19)27-25-26(38-30(39-27)47-18-21-11-10-14-40(21)6)28(45)44(29(37-25)33(34,35)36)24-17-41(7)23-13-9-8-12-22(23)24/h8-9,12-13,17,19-21H,10-11,14-16,18H2,1-7H3/t19-,20-,21-/m0/s1. The fraction of sp³-hybridized carbons (Fsp3) is 0.545. The van der Waals surface area contributed by atoms with Crippen molar-refractivity contribution >= 4 is 33.8 Å². The molecule has 2 aliphatic rings. The zero-order valence-corrected chi connectivity index (χ0v) is 28.2. The Morgan fingerprint density at radius 3 is 2.31 bits per heavy atom. The summed E-state index contributed by atoms with van der Waals surface area (Å²) in [5.74, 6) is -1.36. The van der Waals surface area contributed by atoms with Crippen LogP contribution in [0.3, 0.4) is 0 Å². The second-order valence-electron chi connectivity index (χ2n) is 13.8. The van der Waals surface area contributed by atoms with E-state index in [1.807, 2.05) is 20.9 Å². The molecule has 48 heavy (non-hydrogen) atoms. The maximum Gasteiger partial charge on any atom is 0.450 e. The second-order valence-corrected chi connectivity index (χ2v) is 13.8. The number of aryl methyl sites for hydroxylation is 1. The SMILES string of the molecule is C[C@H]1CN(C(=O)OC(C)(C)C)C[C@H](C)N1c1nc(OC[C@@H]2CCCN2C)nc2c(=O)n(-c3cn(C)c4ccccc34)c(C(F)(F)F)nc12. The number of likely N-dealkylation sites (N-methyl/N-ethyl adjacent to an activating group) is 1. The van der Waals surface area contributed by atoms with Crippen LogP contribution in [0.25, 0.3) is 27.6 Å². The van der Waals surface area contributed by atoms with Gasteiger partial charge in [-0.2, -0.15) is 23.1 Å². The number of para-hydroxylation sites is 1. The van der Waals surface area contributed by atoms with Gasteiger partial charge in [0.2, 0.25) is 5.82 Å². The minimum atomic E-state index is -5.00. The Morgan fingerprint density at radius 1 is 1.00 bits per heavy atom. The van der Waals surface area contributed by atoms with Gasteiger partial charge in [-0.3, -0.25) is 9.36 Å². The number of halogens is 3. The van der Waals surface area contributed by atoms with Crippen molar-refractivity contribution in [1.82, 2.24) is 33.9 Å². The van der Waals surface area contributed by atoms with Gasteiger partial charge < -0.3 is 28.7 Å². The highest BCUT2D eigenvalue weighted by molar-refractivity contribution is 5.91. The predicted molar refractivity (Wildman–Crippen MR) is 175 cm³/mol. The van der Waals surface area contributed by atoms with Gasteiger partial charge in [0.05, 0.1) is 5.69 Å². The number of hydrogen-bond acceptors (Lipinski definition) is 9. The summed E-state index contributed by atoms with van der Waals surface area (Å²) in [6, 6.07) is 5.98. The van der Waals surface area contributed by atoms with Crippen LogP contribution in [0.1, 0.15) is 53.3 Å². The molecule has 0 saturated carbocycles. The van der Waals surface area contributed by atoms with Crippen LogP contribution in [0.5, 0.6) is 6.01 Å². The van der Waals surface area contributed by atoms with Crippen LogP contribution in [-0.4, -0.2) is 97.0 Å². The highest BCUT2D eigenvalue weighted by Gasteiger charge is 2.41. The molecule has 0 N–H and O–H groups in total. The summed E-state index contributed by atoms with van der Waals surface area (Å²) < 4.78 is 58.6. The first-order valence-electron chi connectivity index (χ1n) is 16.1. The van der Waals surface area contributed by atoms with E-state index >= 15 is 0 Å². The topological polar surface area (TPSA) is 111 Å². The van der Waals surface area contributed by atoms with Gasteiger partial charge in [0.1, 0.15) is 17.7 Å². The Hall–Kier alpha value is -4.40. The second kappa shape index (κ2) is 12.2. The summed E-state index contributed by atoms with van der Waals surface area (Å²) >= 11 is 0. The van der Waals surface area contributed by atoms with Gasteiger partial charge in [-0.15, -0.1) is 0 Å². The van der Waals surface area contributed by atoms with E-state index in [4.69, 9.17) is 9.47 Å². The number of fused-ring (bicyclic) bond motifs is 2. The number of hydrogen-bond donors (Lipinski definition) is 0. The van der Waals surface area contributed by atoms with Crippen LogP contribution in [0.2, 0.25) is 0 Å². The third-order valence-electron chi connectivity index (χ3n) is 8.94. The van der Waals surface area contributed by atoms with E-state index in [9.17, 15) is 22.8 Å². The summed E-state index contributed by atoms with van der Waals surface area (Å²) in [5, 5.41) is 0.448. The van der Waals surface area contributed by atoms with E-state index in [1.54, 1.807) is 66.5 Å². The van der Waals surface area contributed by atoms with Crippen LogP contribution in [0, 0.1) is 0 Å². The van der Waals surface area contributed by atoms with Gasteiger partial charge in [0.15, 0.2) is 11.3 Å². The lowest BCUT2D eigenvalue weighted by Gasteiger charge is -2.45. The number of nitrogens with zero attached hydrogens (tertiary/aromatic N) is 8. The van der Waals surface area contributed by atoms with Crippen molar-refractivity contribution in [3.8, 4) is 11.7 Å². The number of likely N-dealkylation sites (tertiary alicyclic amines) is 1. The average molecular weight is 671 g/mol. The molecule has 4 aromatic rings. The summed E-state index contributed by atoms with van der Waals surface area (Å²) in [5.41, 5.74) is -1.62. The number of carbonyl (C=O) groups excluding carboxylic acids is 1. The number of piperazine rings is 1. The van der Waals surface area contributed by atoms with Crippen molar-refractivity contribution in [2.45, 2.75) is 77.4 Å². The maximum absolute atomic E-state index is 14.9. The lowest BCUT2D eigenvalue weighted by atomic mass is 10.1. The monoisotopic (exact) mass is 670 g/mol. The summed E-state index contributed by atoms with van der Waals surface area (Å²) in [7, 11) is 3.69. The number of aromatic nitrogens is 5. The molecule has 12 nitrogen and oxygen atoms in total. The van der Waals surface area contributed by atoms with Crippen molar-refractivity contribution in [2.75, 3.05) is 38.2 Å². The van der Waals surface area contributed by atoms with Crippen LogP contribution >= 0.6 is 0 Å². The Bertz CT molecular complexity index is 1910. The Labute approximate surface area is 276 Å². The molecule has 2 aliphatic heterocycles. The molecular weight excluding hydrogens is 629 g/mol. The van der Waals surface area contributed by atoms with Crippen molar-refractivity contribution in [2.24, 2.45) is 7.05 Å². The molecule has 15 heteroatoms. The molecule has 0 spiro atoms. The lowest BCUT2D eigenvalue weighted by Crippen LogP contribution is -2.59. The Balaban J connectivity index is 1.53. The van der Waals surface area contributed by atoms with Crippen LogP contribution in [0.15, 0.2) is 35.3 Å². The first-order chi connectivity index (χ1) is 22.5. The minimum absolute atomic E-state index is 0.0303. The number of amides is 1. The number of alkyl halides is 3. The van der Waals surface area contributed by atoms with Crippen LogP contribution in [0.4, 0.5) is 23.8 Å². The van der Waals surface area contributed by atoms with E-state index in [0.717, 1.165) is 19.4 Å². The van der Waals surface area contributed by atoms with E-state index in [1.165, 1.54) is 6.20 Å². The van der Waals surface area contributed by atoms with E-state index < -0.39 is 41.3 Å². The fourth-order valence-electron chi connectivity index (χ4n) is 6.77. The third-order valence-corrected chi connectivity index (χ3v) is 8.94. The molecule has 1 aromatic carbocycles. The smallest absolute Gasteiger partial charge is 0.450 e. The summed E-state index contributed by atoms with van der Waals surface area (Å²) in [6.07, 6.45) is -2.11. The maximum atomic E-state index is 14.9. The fourth-order valence-corrected chi connectivity index (χ4v) is 6.77. The Morgan fingerprint density at radius 2 is 1.69 bits per heavy atom. The van der Waals surface area contributed by atoms with Gasteiger partial charge >= 0.3 is 18.3 Å². The number of ether oxygens (including phenoxy) is 2. The molecule has 6 rings (SSSR count). The molecule has 0 radical (unpaired) electrons. The molecule has 2 fully saturated rings. The van der Waals surface area contributed by atoms with Gasteiger partial charge in [-0.05, 0) is 67.1 Å². The molecule has 0 aliphatic carbocycles. The molecule has 1 amide bonds. The quantitative estimate of drug-likeness (QED) is 0.290. The van der Waals surface area contributed by atoms with Crippen LogP contribution < -0.4 is 15.2 Å². The van der Waals surface area contributed by atoms with Gasteiger partial charge in [-0.1, -0.05) is 18.2 Å². The number of carbonyl (C=O) groups is 1. The average Bonchev–Trinajstić information content (AvgIpc) is 3.56. The van der Waals surface area contributed by atoms with Crippen molar-refractivity contribution in [1.29, 1.82) is 0 Å². The van der Waals surface area contributed by atoms with Gasteiger partial charge in [0.25, 0.3) is 5.56 Å². The predicted octanol–water partition coefficient (Wildman–Crippen LogP) is 4.99. The lowest BCUT2D eigenvalue weighted by molar-refractivity contribution is -0.146. The molecule has 3 aromatic heterocycles. The molecule has 0 unspecified atom stereocenters. The largest absolute Gasteiger partial charge is 0.462 e. The first-order valence-corrected chi connectivity index (χ1v) is 16.1. The molecular formula is C33H41F3N8O4. The van der Waals surface area contributed by atoms with E-state index in [2.05, 4.69) is 19.9 Å². The van der Waals surface area contributed by atoms with E-state index in [-0.39, 0.29) is 54.3 Å². The molecule has 258 valence electrons. The minimum Gasteiger partial charge on any atom is -0.462 e. The highest BCUT2D eigenvalue weighted by Crippen LogP contribution is 2.36. The van der Waals surface area contributed by atoms with Gasteiger partial charge in [-0.25, -0.2) is 9.78 Å². The van der Waals surface area contributed by atoms with Gasteiger partial charge in [0, 0.05) is 55.4 Å². The highest BCUT2D eigenvalue weighted by atomic mass is 19.4. The molecule has 2 saturated heterocycles. The normalized spacial score (nSPS) is 21.0. The summed E-state index contributed by atoms with van der Waals surface area (Å²) in [6.45, 7) is 10.6. The molecule has 0 bridgehead atoms. The number of benzene rings is 1. The third kappa shape index (κ3) is 6.27. The summed E-state index contributed by atoms with van der Waals surface area (Å²) in [4.78, 5) is 46.0. The molecule has 3 atom stereocenters.